The van der Waals surface area contributed by atoms with Crippen LogP contribution in [-0.2, 0) is 6.42 Å². The maximum atomic E-state index is 13.5. The molecule has 4 heteroatoms. The van der Waals surface area contributed by atoms with Gasteiger partial charge < -0.3 is 0 Å². The van der Waals surface area contributed by atoms with E-state index in [1.54, 1.807) is 0 Å². The summed E-state index contributed by atoms with van der Waals surface area (Å²) >= 11 is 6.02. The van der Waals surface area contributed by atoms with Crippen LogP contribution in [0.25, 0.3) is 0 Å². The number of pyridine rings is 1. The minimum atomic E-state index is -1.12. The first-order chi connectivity index (χ1) is 11.6. The summed E-state index contributed by atoms with van der Waals surface area (Å²) in [4.78, 5) is 3.48. The van der Waals surface area contributed by atoms with E-state index in [0.29, 0.717) is 11.5 Å². The van der Waals surface area contributed by atoms with Gasteiger partial charge in [0.2, 0.25) is 5.95 Å². The lowest BCUT2D eigenvalue weighted by molar-refractivity contribution is 0.392. The highest BCUT2D eigenvalue weighted by Crippen LogP contribution is 2.42. The average Bonchev–Trinajstić information content (AvgIpc) is 2.59. The molecule has 1 heterocycles. The highest BCUT2D eigenvalue weighted by Gasteiger charge is 2.26. The third-order valence-electron chi connectivity index (χ3n) is 5.07. The van der Waals surface area contributed by atoms with E-state index in [2.05, 4.69) is 36.2 Å². The first-order valence-corrected chi connectivity index (χ1v) is 9.06. The summed E-state index contributed by atoms with van der Waals surface area (Å²) in [5.41, 5.74) is 3.41. The van der Waals surface area contributed by atoms with Crippen LogP contribution in [0.15, 0.2) is 30.3 Å². The number of rotatable bonds is 4. The van der Waals surface area contributed by atoms with E-state index in [9.17, 15) is 8.78 Å². The summed E-state index contributed by atoms with van der Waals surface area (Å²) in [6.45, 7) is 2.19. The van der Waals surface area contributed by atoms with Crippen molar-refractivity contribution in [3.63, 3.8) is 0 Å². The highest BCUT2D eigenvalue weighted by molar-refractivity contribution is 6.30. The number of nitrogens with zero attached hydrogens (tertiary/aromatic N) is 1. The maximum absolute atomic E-state index is 13.5. The first kappa shape index (κ1) is 17.3. The maximum Gasteiger partial charge on any atom is 0.250 e. The molecule has 1 saturated carbocycles. The summed E-state index contributed by atoms with van der Waals surface area (Å²) < 4.78 is 26.6. The molecule has 0 amide bonds. The number of aryl methyl sites for hydroxylation is 1. The van der Waals surface area contributed by atoms with Crippen molar-refractivity contribution in [3.05, 3.63) is 63.9 Å². The molecule has 0 N–H and O–H groups in total. The van der Waals surface area contributed by atoms with Gasteiger partial charge in [-0.15, -0.1) is 0 Å². The smallest absolute Gasteiger partial charge is 0.205 e. The zero-order chi connectivity index (χ0) is 17.1. The number of hydrogen-bond acceptors (Lipinski definition) is 1. The predicted octanol–water partition coefficient (Wildman–Crippen LogP) is 6.41. The summed E-state index contributed by atoms with van der Waals surface area (Å²) in [5, 5.41) is 0.0984. The molecular weight excluding hydrogens is 328 g/mol. The molecular formula is C20H22ClF2N. The van der Waals surface area contributed by atoms with Crippen molar-refractivity contribution in [1.29, 1.82) is 0 Å². The molecule has 0 aliphatic heterocycles. The second kappa shape index (κ2) is 7.60. The molecule has 128 valence electrons. The van der Waals surface area contributed by atoms with E-state index in [1.807, 2.05) is 0 Å². The van der Waals surface area contributed by atoms with Gasteiger partial charge in [-0.25, -0.2) is 9.37 Å². The predicted molar refractivity (Wildman–Crippen MR) is 93.6 cm³/mol. The van der Waals surface area contributed by atoms with Gasteiger partial charge in [-0.2, -0.15) is 4.39 Å². The van der Waals surface area contributed by atoms with Crippen LogP contribution in [0, 0.1) is 11.8 Å². The van der Waals surface area contributed by atoms with Crippen LogP contribution in [-0.4, -0.2) is 4.98 Å². The largest absolute Gasteiger partial charge is 0.250 e. The molecule has 1 aliphatic rings. The van der Waals surface area contributed by atoms with Gasteiger partial charge in [0, 0.05) is 0 Å². The van der Waals surface area contributed by atoms with Gasteiger partial charge >= 0.3 is 0 Å². The molecule has 1 aromatic heterocycles. The van der Waals surface area contributed by atoms with Crippen LogP contribution >= 0.6 is 11.6 Å². The van der Waals surface area contributed by atoms with Gasteiger partial charge in [0.05, 0.1) is 0 Å². The SMILES string of the molecule is CCCc1ccc([C@H]2CC[C@H](c3cc(F)c(F)nc3Cl)CC2)cc1. The van der Waals surface area contributed by atoms with Crippen LogP contribution in [0.4, 0.5) is 8.78 Å². The molecule has 3 rings (SSSR count). The van der Waals surface area contributed by atoms with E-state index in [4.69, 9.17) is 11.6 Å². The fourth-order valence-electron chi connectivity index (χ4n) is 3.73. The van der Waals surface area contributed by atoms with Crippen LogP contribution in [0.1, 0.15) is 67.6 Å². The molecule has 2 aromatic rings. The molecule has 0 atom stereocenters. The highest BCUT2D eigenvalue weighted by atomic mass is 35.5. The monoisotopic (exact) mass is 349 g/mol. The number of aromatic nitrogens is 1. The first-order valence-electron chi connectivity index (χ1n) is 8.68. The summed E-state index contributed by atoms with van der Waals surface area (Å²) in [5.74, 6) is -1.34. The molecule has 0 saturated heterocycles. The number of benzene rings is 1. The Bertz CT molecular complexity index is 692. The summed E-state index contributed by atoms with van der Waals surface area (Å²) in [6.07, 6.45) is 6.20. The molecule has 1 aliphatic carbocycles. The van der Waals surface area contributed by atoms with Crippen LogP contribution in [0.3, 0.4) is 0 Å². The molecule has 1 aromatic carbocycles. The van der Waals surface area contributed by atoms with Crippen LogP contribution < -0.4 is 0 Å². The van der Waals surface area contributed by atoms with Crippen molar-refractivity contribution in [2.45, 2.75) is 57.3 Å². The lowest BCUT2D eigenvalue weighted by atomic mass is 9.76. The van der Waals surface area contributed by atoms with Gasteiger partial charge in [-0.1, -0.05) is 49.2 Å². The van der Waals surface area contributed by atoms with Crippen LogP contribution in [0.5, 0.6) is 0 Å². The fourth-order valence-corrected chi connectivity index (χ4v) is 4.01. The van der Waals surface area contributed by atoms with Crippen molar-refractivity contribution >= 4 is 11.6 Å². The minimum absolute atomic E-state index is 0.0984. The van der Waals surface area contributed by atoms with Crippen LogP contribution in [0.2, 0.25) is 5.15 Å². The Morgan fingerprint density at radius 1 is 1.04 bits per heavy atom. The molecule has 24 heavy (non-hydrogen) atoms. The van der Waals surface area contributed by atoms with Gasteiger partial charge in [-0.05, 0) is 66.7 Å². The molecule has 0 radical (unpaired) electrons. The number of hydrogen-bond donors (Lipinski definition) is 0. The van der Waals surface area contributed by atoms with E-state index in [1.165, 1.54) is 17.2 Å². The van der Waals surface area contributed by atoms with E-state index in [-0.39, 0.29) is 11.1 Å². The summed E-state index contributed by atoms with van der Waals surface area (Å²) in [6, 6.07) is 10.1. The zero-order valence-electron chi connectivity index (χ0n) is 13.9. The Balaban J connectivity index is 1.66. The van der Waals surface area contributed by atoms with E-state index < -0.39 is 11.8 Å². The quantitative estimate of drug-likeness (QED) is 0.581. The van der Waals surface area contributed by atoms with E-state index in [0.717, 1.165) is 38.5 Å². The normalized spacial score (nSPS) is 21.0. The van der Waals surface area contributed by atoms with Crippen molar-refractivity contribution < 1.29 is 8.78 Å². The Morgan fingerprint density at radius 2 is 1.67 bits per heavy atom. The average molecular weight is 350 g/mol. The van der Waals surface area contributed by atoms with Gasteiger partial charge in [-0.3, -0.25) is 0 Å². The second-order valence-electron chi connectivity index (χ2n) is 6.68. The molecule has 1 fully saturated rings. The molecule has 1 nitrogen and oxygen atoms in total. The van der Waals surface area contributed by atoms with E-state index >= 15 is 0 Å². The standard InChI is InChI=1S/C20H22ClF2N/c1-2-3-13-4-6-14(7-5-13)15-8-10-16(11-9-15)17-12-18(22)20(23)24-19(17)21/h4-7,12,15-16H,2-3,8-11H2,1H3/t15-,16-. The lowest BCUT2D eigenvalue weighted by Crippen LogP contribution is -2.13. The lowest BCUT2D eigenvalue weighted by Gasteiger charge is -2.29. The van der Waals surface area contributed by atoms with Gasteiger partial charge in [0.1, 0.15) is 5.15 Å². The van der Waals surface area contributed by atoms with Crippen molar-refractivity contribution in [2.24, 2.45) is 0 Å². The third-order valence-corrected chi connectivity index (χ3v) is 5.37. The summed E-state index contributed by atoms with van der Waals surface area (Å²) in [7, 11) is 0. The van der Waals surface area contributed by atoms with Gasteiger partial charge in [0.15, 0.2) is 5.82 Å². The fraction of sp³-hybridized carbons (Fsp3) is 0.450. The second-order valence-corrected chi connectivity index (χ2v) is 7.04. The zero-order valence-corrected chi connectivity index (χ0v) is 14.6. The molecule has 0 spiro atoms. The van der Waals surface area contributed by atoms with Gasteiger partial charge in [0.25, 0.3) is 0 Å². The van der Waals surface area contributed by atoms with Crippen molar-refractivity contribution in [2.75, 3.05) is 0 Å². The number of halogens is 3. The Hall–Kier alpha value is -1.48. The third kappa shape index (κ3) is 3.77. The molecule has 0 bridgehead atoms. The minimum Gasteiger partial charge on any atom is -0.205 e. The topological polar surface area (TPSA) is 12.9 Å². The molecule has 0 unspecified atom stereocenters. The Kier molecular flexibility index (Phi) is 5.50. The van der Waals surface area contributed by atoms with Crippen molar-refractivity contribution in [3.8, 4) is 0 Å². The van der Waals surface area contributed by atoms with Crippen molar-refractivity contribution in [1.82, 2.24) is 4.98 Å². The Labute approximate surface area is 147 Å². The Morgan fingerprint density at radius 3 is 2.29 bits per heavy atom.